The normalized spacial score (nSPS) is 14.8. The van der Waals surface area contributed by atoms with E-state index in [0.29, 0.717) is 11.3 Å². The van der Waals surface area contributed by atoms with Gasteiger partial charge in [-0.05, 0) is 31.7 Å². The predicted octanol–water partition coefficient (Wildman–Crippen LogP) is 3.09. The first kappa shape index (κ1) is 13.6. The van der Waals surface area contributed by atoms with Gasteiger partial charge in [-0.1, -0.05) is 19.1 Å². The van der Waals surface area contributed by atoms with Crippen molar-refractivity contribution in [3.8, 4) is 0 Å². The van der Waals surface area contributed by atoms with E-state index in [9.17, 15) is 0 Å². The van der Waals surface area contributed by atoms with Gasteiger partial charge in [-0.3, -0.25) is 0 Å². The molecule has 0 aliphatic carbocycles. The molecule has 0 saturated heterocycles. The Kier molecular flexibility index (Phi) is 5.88. The van der Waals surface area contributed by atoms with Crippen molar-refractivity contribution in [2.24, 2.45) is 0 Å². The van der Waals surface area contributed by atoms with Gasteiger partial charge in [0.2, 0.25) is 0 Å². The van der Waals surface area contributed by atoms with Crippen molar-refractivity contribution in [3.05, 3.63) is 29.8 Å². The van der Waals surface area contributed by atoms with E-state index in [4.69, 9.17) is 4.74 Å². The third-order valence-corrected chi connectivity index (χ3v) is 3.63. The maximum absolute atomic E-state index is 5.12. The number of hydrogen-bond donors (Lipinski definition) is 1. The maximum Gasteiger partial charge on any atom is 0.0582 e. The average molecular weight is 239 g/mol. The van der Waals surface area contributed by atoms with E-state index in [1.165, 1.54) is 10.5 Å². The van der Waals surface area contributed by atoms with Crippen LogP contribution in [0.2, 0.25) is 0 Å². The molecular weight excluding hydrogens is 218 g/mol. The minimum absolute atomic E-state index is 0.412. The number of methoxy groups -OCH3 is 1. The quantitative estimate of drug-likeness (QED) is 0.771. The molecule has 1 aromatic rings. The Bertz CT molecular complexity index is 299. The monoisotopic (exact) mass is 239 g/mol. The summed E-state index contributed by atoms with van der Waals surface area (Å²) in [7, 11) is 3.72. The molecule has 16 heavy (non-hydrogen) atoms. The summed E-state index contributed by atoms with van der Waals surface area (Å²) in [5.74, 6) is 0. The Hall–Kier alpha value is -0.510. The number of ether oxygens (including phenoxy) is 1. The molecule has 0 bridgehead atoms. The second kappa shape index (κ2) is 6.94. The van der Waals surface area contributed by atoms with Gasteiger partial charge in [0, 0.05) is 23.3 Å². The summed E-state index contributed by atoms with van der Waals surface area (Å²) < 4.78 is 5.12. The van der Waals surface area contributed by atoms with Crippen LogP contribution in [0.25, 0.3) is 0 Å². The Morgan fingerprint density at radius 3 is 2.38 bits per heavy atom. The number of nitrogens with one attached hydrogen (secondary N) is 1. The van der Waals surface area contributed by atoms with E-state index in [2.05, 4.69) is 43.4 Å². The first-order valence-electron chi connectivity index (χ1n) is 5.60. The topological polar surface area (TPSA) is 21.3 Å². The number of rotatable bonds is 6. The summed E-state index contributed by atoms with van der Waals surface area (Å²) >= 11 is 1.85. The van der Waals surface area contributed by atoms with Crippen LogP contribution in [0.1, 0.15) is 25.5 Å². The van der Waals surface area contributed by atoms with Crippen LogP contribution in [0.5, 0.6) is 0 Å². The van der Waals surface area contributed by atoms with Gasteiger partial charge in [-0.25, -0.2) is 0 Å². The number of hydrogen-bond acceptors (Lipinski definition) is 3. The fourth-order valence-electron chi connectivity index (χ4n) is 1.50. The molecule has 2 atom stereocenters. The van der Waals surface area contributed by atoms with E-state index in [1.54, 1.807) is 7.11 Å². The molecule has 0 radical (unpaired) electrons. The molecule has 1 aromatic carbocycles. The van der Waals surface area contributed by atoms with Crippen LogP contribution in [0.15, 0.2) is 29.2 Å². The number of thioether (sulfide) groups is 1. The van der Waals surface area contributed by atoms with E-state index >= 15 is 0 Å². The Morgan fingerprint density at radius 2 is 1.88 bits per heavy atom. The molecule has 2 nitrogen and oxygen atoms in total. The van der Waals surface area contributed by atoms with E-state index in [-0.39, 0.29) is 0 Å². The lowest BCUT2D eigenvalue weighted by molar-refractivity contribution is 0.203. The largest absolute Gasteiger partial charge is 0.384 e. The second-order valence-electron chi connectivity index (χ2n) is 3.96. The summed E-state index contributed by atoms with van der Waals surface area (Å²) in [5, 5.41) is 3.73. The summed E-state index contributed by atoms with van der Waals surface area (Å²) in [6.07, 6.45) is 0. The van der Waals surface area contributed by atoms with Gasteiger partial charge in [0.25, 0.3) is 0 Å². The molecule has 0 aliphatic heterocycles. The lowest BCUT2D eigenvalue weighted by Crippen LogP contribution is -2.12. The lowest BCUT2D eigenvalue weighted by atomic mass is 10.1. The first-order chi connectivity index (χ1) is 7.67. The zero-order valence-corrected chi connectivity index (χ0v) is 11.3. The van der Waals surface area contributed by atoms with Crippen molar-refractivity contribution >= 4 is 11.8 Å². The highest BCUT2D eigenvalue weighted by molar-refractivity contribution is 8.00. The minimum atomic E-state index is 0.412. The smallest absolute Gasteiger partial charge is 0.0582 e. The summed E-state index contributed by atoms with van der Waals surface area (Å²) in [4.78, 5) is 1.30. The van der Waals surface area contributed by atoms with Gasteiger partial charge in [0.1, 0.15) is 0 Å². The molecule has 2 unspecified atom stereocenters. The lowest BCUT2D eigenvalue weighted by Gasteiger charge is -2.13. The van der Waals surface area contributed by atoms with Crippen molar-refractivity contribution in [1.29, 1.82) is 0 Å². The van der Waals surface area contributed by atoms with Crippen LogP contribution in [-0.4, -0.2) is 26.0 Å². The van der Waals surface area contributed by atoms with Gasteiger partial charge in [0.15, 0.2) is 0 Å². The SMILES string of the molecule is CNC(C)c1ccc(SC(C)COC)cc1. The molecule has 3 heteroatoms. The highest BCUT2D eigenvalue weighted by Crippen LogP contribution is 2.24. The van der Waals surface area contributed by atoms with E-state index < -0.39 is 0 Å². The first-order valence-corrected chi connectivity index (χ1v) is 6.48. The molecule has 1 N–H and O–H groups in total. The average Bonchev–Trinajstić information content (AvgIpc) is 2.29. The molecule has 0 spiro atoms. The standard InChI is InChI=1S/C13H21NOS/c1-10(9-15-4)16-13-7-5-12(6-8-13)11(2)14-3/h5-8,10-11,14H,9H2,1-4H3. The van der Waals surface area contributed by atoms with Crippen LogP contribution in [-0.2, 0) is 4.74 Å². The molecule has 0 aliphatic rings. The van der Waals surface area contributed by atoms with E-state index in [1.807, 2.05) is 18.8 Å². The highest BCUT2D eigenvalue weighted by Gasteiger charge is 2.05. The Morgan fingerprint density at radius 1 is 1.25 bits per heavy atom. The Labute approximate surface area is 103 Å². The van der Waals surface area contributed by atoms with Gasteiger partial charge < -0.3 is 10.1 Å². The van der Waals surface area contributed by atoms with Crippen molar-refractivity contribution < 1.29 is 4.74 Å². The van der Waals surface area contributed by atoms with Gasteiger partial charge in [-0.2, -0.15) is 0 Å². The van der Waals surface area contributed by atoms with Crippen LogP contribution in [0.3, 0.4) is 0 Å². The molecular formula is C13H21NOS. The van der Waals surface area contributed by atoms with Crippen LogP contribution >= 0.6 is 11.8 Å². The predicted molar refractivity (Wildman–Crippen MR) is 71.1 cm³/mol. The fraction of sp³-hybridized carbons (Fsp3) is 0.538. The summed E-state index contributed by atoms with van der Waals surface area (Å²) in [6, 6.07) is 9.14. The van der Waals surface area contributed by atoms with Crippen LogP contribution in [0, 0.1) is 0 Å². The molecule has 0 saturated carbocycles. The van der Waals surface area contributed by atoms with Crippen molar-refractivity contribution in [3.63, 3.8) is 0 Å². The van der Waals surface area contributed by atoms with Crippen LogP contribution in [0.4, 0.5) is 0 Å². The third-order valence-electron chi connectivity index (χ3n) is 2.55. The van der Waals surface area contributed by atoms with Crippen LogP contribution < -0.4 is 5.32 Å². The van der Waals surface area contributed by atoms with E-state index in [0.717, 1.165) is 6.61 Å². The second-order valence-corrected chi connectivity index (χ2v) is 5.48. The molecule has 0 fully saturated rings. The third kappa shape index (κ3) is 4.16. The molecule has 0 aromatic heterocycles. The van der Waals surface area contributed by atoms with Gasteiger partial charge in [0.05, 0.1) is 6.61 Å². The van der Waals surface area contributed by atoms with Crippen molar-refractivity contribution in [2.75, 3.05) is 20.8 Å². The highest BCUT2D eigenvalue weighted by atomic mass is 32.2. The van der Waals surface area contributed by atoms with Gasteiger partial charge >= 0.3 is 0 Å². The fourth-order valence-corrected chi connectivity index (χ4v) is 2.46. The van der Waals surface area contributed by atoms with Crippen molar-refractivity contribution in [2.45, 2.75) is 30.0 Å². The molecule has 0 heterocycles. The molecule has 1 rings (SSSR count). The van der Waals surface area contributed by atoms with Crippen molar-refractivity contribution in [1.82, 2.24) is 5.32 Å². The maximum atomic E-state index is 5.12. The minimum Gasteiger partial charge on any atom is -0.384 e. The zero-order valence-electron chi connectivity index (χ0n) is 10.5. The zero-order chi connectivity index (χ0) is 12.0. The Balaban J connectivity index is 2.57. The summed E-state index contributed by atoms with van der Waals surface area (Å²) in [5.41, 5.74) is 1.33. The van der Waals surface area contributed by atoms with Gasteiger partial charge in [-0.15, -0.1) is 11.8 Å². The number of benzene rings is 1. The summed E-state index contributed by atoms with van der Waals surface area (Å²) in [6.45, 7) is 5.13. The molecule has 90 valence electrons. The molecule has 0 amide bonds.